The fourth-order valence-electron chi connectivity index (χ4n) is 1.27. The Morgan fingerprint density at radius 2 is 1.93 bits per heavy atom. The number of halogens is 2. The monoisotopic (exact) mass is 286 g/mol. The standard InChI is InChI=1S/C11H8BrClS/c12-9-5-2-1-4-8(9)11(13)10-6-3-7-14-10/h1-7,11H. The van der Waals surface area contributed by atoms with Gasteiger partial charge in [0.05, 0.1) is 5.38 Å². The van der Waals surface area contributed by atoms with Gasteiger partial charge in [0.2, 0.25) is 0 Å². The van der Waals surface area contributed by atoms with Crippen LogP contribution in [0, 0.1) is 0 Å². The Bertz CT molecular complexity index is 411. The molecule has 0 N–H and O–H groups in total. The van der Waals surface area contributed by atoms with Gasteiger partial charge in [-0.1, -0.05) is 40.2 Å². The van der Waals surface area contributed by atoms with Gasteiger partial charge in [-0.05, 0) is 23.1 Å². The van der Waals surface area contributed by atoms with Crippen LogP contribution in [0.3, 0.4) is 0 Å². The maximum absolute atomic E-state index is 6.36. The van der Waals surface area contributed by atoms with Crippen molar-refractivity contribution in [2.24, 2.45) is 0 Å². The Kier molecular flexibility index (Phi) is 3.26. The highest BCUT2D eigenvalue weighted by Crippen LogP contribution is 2.35. The van der Waals surface area contributed by atoms with E-state index in [0.29, 0.717) is 0 Å². The van der Waals surface area contributed by atoms with E-state index in [4.69, 9.17) is 11.6 Å². The molecule has 3 heteroatoms. The summed E-state index contributed by atoms with van der Waals surface area (Å²) < 4.78 is 1.06. The fraction of sp³-hybridized carbons (Fsp3) is 0.0909. The summed E-state index contributed by atoms with van der Waals surface area (Å²) in [4.78, 5) is 1.18. The van der Waals surface area contributed by atoms with E-state index in [0.717, 1.165) is 10.0 Å². The molecule has 0 aliphatic heterocycles. The van der Waals surface area contributed by atoms with Gasteiger partial charge in [0, 0.05) is 9.35 Å². The normalized spacial score (nSPS) is 12.7. The molecule has 0 amide bonds. The molecule has 1 atom stereocenters. The van der Waals surface area contributed by atoms with Crippen LogP contribution in [0.4, 0.5) is 0 Å². The molecule has 0 spiro atoms. The third-order valence-electron chi connectivity index (χ3n) is 1.97. The SMILES string of the molecule is ClC(c1cccs1)c1ccccc1Br. The number of hydrogen-bond acceptors (Lipinski definition) is 1. The molecular weight excluding hydrogens is 280 g/mol. The minimum absolute atomic E-state index is 0.0504. The van der Waals surface area contributed by atoms with Gasteiger partial charge in [-0.3, -0.25) is 0 Å². The first-order chi connectivity index (χ1) is 6.79. The molecule has 0 fully saturated rings. The summed E-state index contributed by atoms with van der Waals surface area (Å²) in [6, 6.07) is 12.1. The fourth-order valence-corrected chi connectivity index (χ4v) is 3.05. The number of rotatable bonds is 2. The first-order valence-corrected chi connectivity index (χ1v) is 6.32. The van der Waals surface area contributed by atoms with Crippen LogP contribution in [0.25, 0.3) is 0 Å². The first-order valence-electron chi connectivity index (χ1n) is 4.21. The van der Waals surface area contributed by atoms with Gasteiger partial charge in [-0.25, -0.2) is 0 Å². The molecule has 14 heavy (non-hydrogen) atoms. The van der Waals surface area contributed by atoms with Crippen LogP contribution in [0.15, 0.2) is 46.3 Å². The van der Waals surface area contributed by atoms with E-state index in [2.05, 4.69) is 22.0 Å². The van der Waals surface area contributed by atoms with Gasteiger partial charge in [0.1, 0.15) is 0 Å². The summed E-state index contributed by atoms with van der Waals surface area (Å²) in [6.07, 6.45) is 0. The van der Waals surface area contributed by atoms with Crippen molar-refractivity contribution in [3.8, 4) is 0 Å². The zero-order valence-corrected chi connectivity index (χ0v) is 10.4. The Hall–Kier alpha value is -0.310. The Labute approximate surface area is 101 Å². The lowest BCUT2D eigenvalue weighted by atomic mass is 10.1. The van der Waals surface area contributed by atoms with Gasteiger partial charge >= 0.3 is 0 Å². The van der Waals surface area contributed by atoms with Crippen LogP contribution >= 0.6 is 38.9 Å². The minimum Gasteiger partial charge on any atom is -0.147 e. The molecule has 0 bridgehead atoms. The van der Waals surface area contributed by atoms with Crippen molar-refractivity contribution < 1.29 is 0 Å². The largest absolute Gasteiger partial charge is 0.147 e. The van der Waals surface area contributed by atoms with Crippen LogP contribution in [0.5, 0.6) is 0 Å². The molecule has 0 aliphatic rings. The van der Waals surface area contributed by atoms with E-state index in [1.54, 1.807) is 11.3 Å². The molecule has 0 nitrogen and oxygen atoms in total. The molecule has 0 radical (unpaired) electrons. The highest BCUT2D eigenvalue weighted by molar-refractivity contribution is 9.10. The summed E-state index contributed by atoms with van der Waals surface area (Å²) in [5.41, 5.74) is 1.12. The Balaban J connectivity index is 2.37. The quantitative estimate of drug-likeness (QED) is 0.693. The lowest BCUT2D eigenvalue weighted by molar-refractivity contribution is 1.17. The second-order valence-corrected chi connectivity index (χ2v) is 5.17. The molecule has 2 rings (SSSR count). The van der Waals surface area contributed by atoms with E-state index >= 15 is 0 Å². The highest BCUT2D eigenvalue weighted by atomic mass is 79.9. The number of thiophene rings is 1. The summed E-state index contributed by atoms with van der Waals surface area (Å²) >= 11 is 11.5. The van der Waals surface area contributed by atoms with Crippen molar-refractivity contribution in [3.63, 3.8) is 0 Å². The molecule has 1 heterocycles. The van der Waals surface area contributed by atoms with E-state index in [1.807, 2.05) is 35.7 Å². The Morgan fingerprint density at radius 3 is 2.57 bits per heavy atom. The number of benzene rings is 1. The molecule has 1 aromatic carbocycles. The molecule has 72 valence electrons. The average Bonchev–Trinajstić information content (AvgIpc) is 2.70. The van der Waals surface area contributed by atoms with E-state index in [-0.39, 0.29) is 5.38 Å². The lowest BCUT2D eigenvalue weighted by Crippen LogP contribution is -1.90. The van der Waals surface area contributed by atoms with Gasteiger partial charge in [-0.15, -0.1) is 22.9 Å². The van der Waals surface area contributed by atoms with Crippen LogP contribution in [-0.4, -0.2) is 0 Å². The zero-order valence-electron chi connectivity index (χ0n) is 7.28. The van der Waals surface area contributed by atoms with E-state index in [9.17, 15) is 0 Å². The molecule has 1 unspecified atom stereocenters. The molecule has 0 saturated heterocycles. The predicted octanol–water partition coefficient (Wildman–Crippen LogP) is 4.84. The minimum atomic E-state index is -0.0504. The van der Waals surface area contributed by atoms with Crippen LogP contribution in [-0.2, 0) is 0 Å². The molecule has 1 aromatic heterocycles. The highest BCUT2D eigenvalue weighted by Gasteiger charge is 2.13. The zero-order chi connectivity index (χ0) is 9.97. The summed E-state index contributed by atoms with van der Waals surface area (Å²) in [5.74, 6) is 0. The first kappa shape index (κ1) is 10.2. The number of alkyl halides is 1. The molecule has 0 aliphatic carbocycles. The summed E-state index contributed by atoms with van der Waals surface area (Å²) in [7, 11) is 0. The summed E-state index contributed by atoms with van der Waals surface area (Å²) in [6.45, 7) is 0. The molecule has 2 aromatic rings. The van der Waals surface area contributed by atoms with Crippen molar-refractivity contribution in [1.29, 1.82) is 0 Å². The van der Waals surface area contributed by atoms with Crippen molar-refractivity contribution in [1.82, 2.24) is 0 Å². The molecule has 0 saturated carbocycles. The van der Waals surface area contributed by atoms with E-state index < -0.39 is 0 Å². The van der Waals surface area contributed by atoms with Crippen LogP contribution in [0.1, 0.15) is 15.8 Å². The van der Waals surface area contributed by atoms with Gasteiger partial charge < -0.3 is 0 Å². The van der Waals surface area contributed by atoms with Crippen molar-refractivity contribution in [2.45, 2.75) is 5.38 Å². The second kappa shape index (κ2) is 4.47. The van der Waals surface area contributed by atoms with Crippen molar-refractivity contribution >= 4 is 38.9 Å². The van der Waals surface area contributed by atoms with Crippen molar-refractivity contribution in [2.75, 3.05) is 0 Å². The van der Waals surface area contributed by atoms with E-state index in [1.165, 1.54) is 4.88 Å². The lowest BCUT2D eigenvalue weighted by Gasteiger charge is -2.09. The topological polar surface area (TPSA) is 0 Å². The van der Waals surface area contributed by atoms with Crippen molar-refractivity contribution in [3.05, 3.63) is 56.7 Å². The van der Waals surface area contributed by atoms with Gasteiger partial charge in [-0.2, -0.15) is 0 Å². The molecular formula is C11H8BrClS. The predicted molar refractivity (Wildman–Crippen MR) is 66.2 cm³/mol. The third-order valence-corrected chi connectivity index (χ3v) is 4.23. The average molecular weight is 288 g/mol. The maximum atomic E-state index is 6.36. The van der Waals surface area contributed by atoms with Gasteiger partial charge in [0.15, 0.2) is 0 Å². The maximum Gasteiger partial charge on any atom is 0.0938 e. The van der Waals surface area contributed by atoms with Crippen LogP contribution in [0.2, 0.25) is 0 Å². The third kappa shape index (κ3) is 2.02. The van der Waals surface area contributed by atoms with Crippen LogP contribution < -0.4 is 0 Å². The smallest absolute Gasteiger partial charge is 0.0938 e. The van der Waals surface area contributed by atoms with Gasteiger partial charge in [0.25, 0.3) is 0 Å². The number of hydrogen-bond donors (Lipinski definition) is 0. The summed E-state index contributed by atoms with van der Waals surface area (Å²) in [5, 5.41) is 1.99. The second-order valence-electron chi connectivity index (χ2n) is 2.90. The Morgan fingerprint density at radius 1 is 1.14 bits per heavy atom.